The normalized spacial score (nSPS) is 10.4. The summed E-state index contributed by atoms with van der Waals surface area (Å²) in [6, 6.07) is 14.1. The number of ether oxygens (including phenoxy) is 4. The number of nitrogens with zero attached hydrogens (tertiary/aromatic N) is 1. The largest absolute Gasteiger partial charge is 0.464 e. The topological polar surface area (TPSA) is 101 Å². The summed E-state index contributed by atoms with van der Waals surface area (Å²) in [5.74, 6) is -0.855. The Morgan fingerprint density at radius 2 is 1.63 bits per heavy atom. The molecule has 0 aliphatic heterocycles. The second-order valence-electron chi connectivity index (χ2n) is 6.22. The van der Waals surface area contributed by atoms with Crippen LogP contribution in [0.3, 0.4) is 0 Å². The molecule has 30 heavy (non-hydrogen) atoms. The summed E-state index contributed by atoms with van der Waals surface area (Å²) in [7, 11) is 1.19. The van der Waals surface area contributed by atoms with Crippen LogP contribution in [0.25, 0.3) is 10.8 Å². The molecule has 0 atom stereocenters. The number of para-hydroxylation sites is 1. The van der Waals surface area contributed by atoms with Crippen molar-refractivity contribution in [2.24, 2.45) is 0 Å². The van der Waals surface area contributed by atoms with Crippen LogP contribution in [0.15, 0.2) is 48.5 Å². The van der Waals surface area contributed by atoms with Crippen molar-refractivity contribution in [1.82, 2.24) is 4.98 Å². The Morgan fingerprint density at radius 1 is 0.900 bits per heavy atom. The second kappa shape index (κ2) is 9.04. The number of benzene rings is 2. The third kappa shape index (κ3) is 4.72. The third-order valence-corrected chi connectivity index (χ3v) is 4.02. The zero-order chi connectivity index (χ0) is 21.7. The van der Waals surface area contributed by atoms with Crippen LogP contribution < -0.4 is 9.47 Å². The average molecular weight is 409 g/mol. The molecule has 0 aliphatic rings. The number of esters is 3. The summed E-state index contributed by atoms with van der Waals surface area (Å²) in [5, 5.41) is 0.914. The first kappa shape index (κ1) is 20.8. The van der Waals surface area contributed by atoms with Gasteiger partial charge in [0.25, 0.3) is 0 Å². The van der Waals surface area contributed by atoms with Gasteiger partial charge in [-0.1, -0.05) is 18.2 Å². The predicted molar refractivity (Wildman–Crippen MR) is 106 cm³/mol. The van der Waals surface area contributed by atoms with E-state index in [1.54, 1.807) is 30.3 Å². The number of rotatable bonds is 6. The van der Waals surface area contributed by atoms with E-state index >= 15 is 0 Å². The number of pyridine rings is 1. The molecule has 3 aromatic rings. The molecule has 8 heteroatoms. The van der Waals surface area contributed by atoms with Crippen molar-refractivity contribution in [1.29, 1.82) is 0 Å². The number of aromatic nitrogens is 1. The van der Waals surface area contributed by atoms with Crippen LogP contribution in [0.5, 0.6) is 17.2 Å². The molecule has 0 saturated carbocycles. The quantitative estimate of drug-likeness (QED) is 0.567. The zero-order valence-electron chi connectivity index (χ0n) is 16.6. The van der Waals surface area contributed by atoms with E-state index in [-0.39, 0.29) is 23.7 Å². The van der Waals surface area contributed by atoms with Gasteiger partial charge in [0.15, 0.2) is 11.4 Å². The molecule has 0 spiro atoms. The smallest absolute Gasteiger partial charge is 0.360 e. The van der Waals surface area contributed by atoms with Crippen molar-refractivity contribution in [2.45, 2.75) is 20.5 Å². The molecular weight excluding hydrogens is 390 g/mol. The molecule has 0 fully saturated rings. The van der Waals surface area contributed by atoms with Crippen molar-refractivity contribution in [3.05, 3.63) is 59.9 Å². The molecule has 0 saturated heterocycles. The summed E-state index contributed by atoms with van der Waals surface area (Å²) in [6.45, 7) is 2.29. The maximum atomic E-state index is 12.2. The van der Waals surface area contributed by atoms with E-state index in [2.05, 4.69) is 4.98 Å². The lowest BCUT2D eigenvalue weighted by atomic mass is 10.1. The van der Waals surface area contributed by atoms with Crippen LogP contribution in [0.2, 0.25) is 0 Å². The van der Waals surface area contributed by atoms with E-state index in [4.69, 9.17) is 18.9 Å². The zero-order valence-corrected chi connectivity index (χ0v) is 16.6. The highest BCUT2D eigenvalue weighted by atomic mass is 16.5. The van der Waals surface area contributed by atoms with Crippen LogP contribution in [-0.2, 0) is 25.7 Å². The molecule has 154 valence electrons. The highest BCUT2D eigenvalue weighted by Crippen LogP contribution is 2.35. The number of hydrogen-bond donors (Lipinski definition) is 0. The lowest BCUT2D eigenvalue weighted by Gasteiger charge is -2.15. The first-order chi connectivity index (χ1) is 14.4. The molecule has 8 nitrogen and oxygen atoms in total. The van der Waals surface area contributed by atoms with Crippen molar-refractivity contribution in [3.8, 4) is 17.2 Å². The van der Waals surface area contributed by atoms with Gasteiger partial charge >= 0.3 is 17.9 Å². The molecule has 0 bridgehead atoms. The van der Waals surface area contributed by atoms with Crippen molar-refractivity contribution in [2.75, 3.05) is 7.11 Å². The Bertz CT molecular complexity index is 1110. The Morgan fingerprint density at radius 3 is 2.27 bits per heavy atom. The second-order valence-corrected chi connectivity index (χ2v) is 6.22. The molecule has 3 rings (SSSR count). The standard InChI is InChI=1S/C22H19NO7/c1-13(24)28-12-19-18-11-16(30-15-7-5-4-6-8-15)9-10-17(18)21(29-14(2)25)20(23-19)22(26)27-3/h4-11H,12H2,1-3H3. The molecule has 2 aromatic carbocycles. The van der Waals surface area contributed by atoms with Crippen LogP contribution in [-0.4, -0.2) is 30.0 Å². The van der Waals surface area contributed by atoms with Crippen LogP contribution in [0.1, 0.15) is 30.0 Å². The highest BCUT2D eigenvalue weighted by Gasteiger charge is 2.23. The number of carbonyl (C=O) groups excluding carboxylic acids is 3. The Hall–Kier alpha value is -3.94. The fraction of sp³-hybridized carbons (Fsp3) is 0.182. The van der Waals surface area contributed by atoms with Gasteiger partial charge in [-0.25, -0.2) is 9.78 Å². The Balaban J connectivity index is 2.19. The molecular formula is C22H19NO7. The lowest BCUT2D eigenvalue weighted by molar-refractivity contribution is -0.142. The molecule has 1 heterocycles. The van der Waals surface area contributed by atoms with E-state index in [0.29, 0.717) is 22.3 Å². The van der Waals surface area contributed by atoms with E-state index in [0.717, 1.165) is 0 Å². The number of hydrogen-bond acceptors (Lipinski definition) is 8. The third-order valence-electron chi connectivity index (χ3n) is 4.02. The minimum absolute atomic E-state index is 0.0396. The van der Waals surface area contributed by atoms with Crippen LogP contribution in [0, 0.1) is 0 Å². The molecule has 0 aliphatic carbocycles. The molecule has 1 aromatic heterocycles. The van der Waals surface area contributed by atoms with Gasteiger partial charge in [0.2, 0.25) is 0 Å². The van der Waals surface area contributed by atoms with Gasteiger partial charge in [-0.2, -0.15) is 0 Å². The Kier molecular flexibility index (Phi) is 6.26. The first-order valence-corrected chi connectivity index (χ1v) is 8.98. The maximum absolute atomic E-state index is 12.2. The van der Waals surface area contributed by atoms with E-state index < -0.39 is 17.9 Å². The molecule has 0 radical (unpaired) electrons. The van der Waals surface area contributed by atoms with Gasteiger partial charge in [-0.3, -0.25) is 9.59 Å². The summed E-state index contributed by atoms with van der Waals surface area (Å²) >= 11 is 0. The number of carbonyl (C=O) groups is 3. The maximum Gasteiger partial charge on any atom is 0.360 e. The number of fused-ring (bicyclic) bond motifs is 1. The van der Waals surface area contributed by atoms with Crippen LogP contribution in [0.4, 0.5) is 0 Å². The first-order valence-electron chi connectivity index (χ1n) is 8.98. The SMILES string of the molecule is COC(=O)c1nc(COC(C)=O)c2cc(Oc3ccccc3)ccc2c1OC(C)=O. The number of methoxy groups -OCH3 is 1. The monoisotopic (exact) mass is 409 g/mol. The molecule has 0 amide bonds. The van der Waals surface area contributed by atoms with Crippen molar-refractivity contribution >= 4 is 28.7 Å². The van der Waals surface area contributed by atoms with E-state index in [1.807, 2.05) is 18.2 Å². The van der Waals surface area contributed by atoms with Crippen molar-refractivity contribution in [3.63, 3.8) is 0 Å². The van der Waals surface area contributed by atoms with E-state index in [9.17, 15) is 14.4 Å². The summed E-state index contributed by atoms with van der Waals surface area (Å²) in [6.07, 6.45) is 0. The minimum Gasteiger partial charge on any atom is -0.464 e. The van der Waals surface area contributed by atoms with Gasteiger partial charge in [0, 0.05) is 24.6 Å². The fourth-order valence-electron chi connectivity index (χ4n) is 2.78. The summed E-state index contributed by atoms with van der Waals surface area (Å²) < 4.78 is 21.0. The minimum atomic E-state index is -0.790. The Labute approximate surface area is 172 Å². The van der Waals surface area contributed by atoms with Gasteiger partial charge < -0.3 is 18.9 Å². The van der Waals surface area contributed by atoms with E-state index in [1.165, 1.54) is 21.0 Å². The average Bonchev–Trinajstić information content (AvgIpc) is 2.72. The lowest BCUT2D eigenvalue weighted by Crippen LogP contribution is -2.14. The van der Waals surface area contributed by atoms with Gasteiger partial charge in [-0.05, 0) is 30.3 Å². The molecule has 0 unspecified atom stereocenters. The van der Waals surface area contributed by atoms with Gasteiger partial charge in [0.1, 0.15) is 18.1 Å². The molecule has 0 N–H and O–H groups in total. The fourth-order valence-corrected chi connectivity index (χ4v) is 2.78. The van der Waals surface area contributed by atoms with Crippen molar-refractivity contribution < 1.29 is 33.3 Å². The summed E-state index contributed by atoms with van der Waals surface area (Å²) in [5.41, 5.74) is 0.0918. The van der Waals surface area contributed by atoms with Crippen LogP contribution >= 0.6 is 0 Å². The highest BCUT2D eigenvalue weighted by molar-refractivity contribution is 6.02. The predicted octanol–water partition coefficient (Wildman–Crippen LogP) is 3.80. The van der Waals surface area contributed by atoms with Gasteiger partial charge in [-0.15, -0.1) is 0 Å². The summed E-state index contributed by atoms with van der Waals surface area (Å²) in [4.78, 5) is 39.5. The van der Waals surface area contributed by atoms with Gasteiger partial charge in [0.05, 0.1) is 12.8 Å².